The number of hydrogen-bond acceptors (Lipinski definition) is 2. The predicted molar refractivity (Wildman–Crippen MR) is 46.4 cm³/mol. The summed E-state index contributed by atoms with van der Waals surface area (Å²) in [6.07, 6.45) is 6.55. The van der Waals surface area contributed by atoms with Gasteiger partial charge in [-0.1, -0.05) is 6.08 Å². The molecule has 0 bridgehead atoms. The first kappa shape index (κ1) is 8.75. The summed E-state index contributed by atoms with van der Waals surface area (Å²) >= 11 is 0. The molecular weight excluding hydrogens is 138 g/mol. The molecule has 1 aliphatic heterocycles. The summed E-state index contributed by atoms with van der Waals surface area (Å²) in [5.41, 5.74) is 5.89. The summed E-state index contributed by atoms with van der Waals surface area (Å²) in [7, 11) is 0. The summed E-state index contributed by atoms with van der Waals surface area (Å²) in [5, 5.41) is 0. The quantitative estimate of drug-likeness (QED) is 0.624. The first-order valence-electron chi connectivity index (χ1n) is 4.32. The van der Waals surface area contributed by atoms with Crippen molar-refractivity contribution in [3.8, 4) is 0 Å². The molecule has 0 radical (unpaired) electrons. The van der Waals surface area contributed by atoms with E-state index in [1.54, 1.807) is 0 Å². The molecule has 0 amide bonds. The SMILES string of the molecule is C=CCCC(N)C1CCCO1. The molecule has 1 rings (SSSR count). The average molecular weight is 155 g/mol. The van der Waals surface area contributed by atoms with Crippen molar-refractivity contribution in [1.82, 2.24) is 0 Å². The molecule has 2 heteroatoms. The van der Waals surface area contributed by atoms with E-state index in [0.29, 0.717) is 6.10 Å². The fourth-order valence-corrected chi connectivity index (χ4v) is 1.44. The number of ether oxygens (including phenoxy) is 1. The highest BCUT2D eigenvalue weighted by Gasteiger charge is 2.21. The van der Waals surface area contributed by atoms with Crippen LogP contribution >= 0.6 is 0 Å². The van der Waals surface area contributed by atoms with E-state index < -0.39 is 0 Å². The maximum Gasteiger partial charge on any atom is 0.0726 e. The van der Waals surface area contributed by atoms with Gasteiger partial charge in [-0.2, -0.15) is 0 Å². The molecule has 0 aliphatic carbocycles. The standard InChI is InChI=1S/C9H17NO/c1-2-3-5-8(10)9-6-4-7-11-9/h2,8-9H,1,3-7,10H2. The Morgan fingerprint density at radius 1 is 1.73 bits per heavy atom. The number of rotatable bonds is 4. The van der Waals surface area contributed by atoms with Crippen molar-refractivity contribution >= 4 is 0 Å². The van der Waals surface area contributed by atoms with Crippen molar-refractivity contribution in [3.63, 3.8) is 0 Å². The van der Waals surface area contributed by atoms with E-state index in [0.717, 1.165) is 25.9 Å². The third-order valence-corrected chi connectivity index (χ3v) is 2.15. The Kier molecular flexibility index (Phi) is 3.60. The van der Waals surface area contributed by atoms with Crippen LogP contribution in [0.3, 0.4) is 0 Å². The molecule has 0 aromatic heterocycles. The van der Waals surface area contributed by atoms with Crippen LogP contribution in [0, 0.1) is 0 Å². The molecule has 1 aliphatic rings. The van der Waals surface area contributed by atoms with Crippen LogP contribution in [0.5, 0.6) is 0 Å². The summed E-state index contributed by atoms with van der Waals surface area (Å²) in [6, 6.07) is 0.218. The Balaban J connectivity index is 2.16. The largest absolute Gasteiger partial charge is 0.377 e. The maximum atomic E-state index is 5.89. The molecule has 0 saturated carbocycles. The second-order valence-electron chi connectivity index (χ2n) is 3.08. The fraction of sp³-hybridized carbons (Fsp3) is 0.778. The van der Waals surface area contributed by atoms with Crippen LogP contribution in [0.2, 0.25) is 0 Å². The molecule has 2 N–H and O–H groups in total. The molecular formula is C9H17NO. The van der Waals surface area contributed by atoms with E-state index in [2.05, 4.69) is 6.58 Å². The lowest BCUT2D eigenvalue weighted by molar-refractivity contribution is 0.0878. The molecule has 64 valence electrons. The molecule has 1 fully saturated rings. The van der Waals surface area contributed by atoms with Gasteiger partial charge in [-0.3, -0.25) is 0 Å². The lowest BCUT2D eigenvalue weighted by Crippen LogP contribution is -2.33. The van der Waals surface area contributed by atoms with Crippen LogP contribution < -0.4 is 5.73 Å². The molecule has 0 aromatic carbocycles. The third kappa shape index (κ3) is 2.64. The zero-order valence-electron chi connectivity index (χ0n) is 6.96. The summed E-state index contributed by atoms with van der Waals surface area (Å²) in [4.78, 5) is 0. The molecule has 0 aromatic rings. The maximum absolute atomic E-state index is 5.89. The minimum absolute atomic E-state index is 0.218. The minimum Gasteiger partial charge on any atom is -0.377 e. The van der Waals surface area contributed by atoms with Gasteiger partial charge in [0.15, 0.2) is 0 Å². The van der Waals surface area contributed by atoms with Crippen molar-refractivity contribution in [2.75, 3.05) is 6.61 Å². The van der Waals surface area contributed by atoms with Crippen LogP contribution in [-0.4, -0.2) is 18.8 Å². The van der Waals surface area contributed by atoms with E-state index in [-0.39, 0.29) is 6.04 Å². The zero-order valence-corrected chi connectivity index (χ0v) is 6.96. The van der Waals surface area contributed by atoms with Gasteiger partial charge in [-0.05, 0) is 25.7 Å². The first-order valence-corrected chi connectivity index (χ1v) is 4.32. The predicted octanol–water partition coefficient (Wildman–Crippen LogP) is 1.46. The second-order valence-corrected chi connectivity index (χ2v) is 3.08. The van der Waals surface area contributed by atoms with Crippen molar-refractivity contribution in [1.29, 1.82) is 0 Å². The monoisotopic (exact) mass is 155 g/mol. The van der Waals surface area contributed by atoms with Gasteiger partial charge in [-0.25, -0.2) is 0 Å². The Morgan fingerprint density at radius 3 is 3.09 bits per heavy atom. The van der Waals surface area contributed by atoms with Crippen LogP contribution in [0.4, 0.5) is 0 Å². The smallest absolute Gasteiger partial charge is 0.0726 e. The molecule has 2 atom stereocenters. The molecule has 11 heavy (non-hydrogen) atoms. The number of nitrogens with two attached hydrogens (primary N) is 1. The van der Waals surface area contributed by atoms with Crippen LogP contribution in [0.15, 0.2) is 12.7 Å². The van der Waals surface area contributed by atoms with Crippen molar-refractivity contribution < 1.29 is 4.74 Å². The summed E-state index contributed by atoms with van der Waals surface area (Å²) in [6.45, 7) is 4.56. The van der Waals surface area contributed by atoms with Gasteiger partial charge < -0.3 is 10.5 Å². The molecule has 2 unspecified atom stereocenters. The van der Waals surface area contributed by atoms with E-state index in [9.17, 15) is 0 Å². The van der Waals surface area contributed by atoms with Crippen LogP contribution in [-0.2, 0) is 4.74 Å². The van der Waals surface area contributed by atoms with Crippen molar-refractivity contribution in [2.24, 2.45) is 5.73 Å². The van der Waals surface area contributed by atoms with Gasteiger partial charge >= 0.3 is 0 Å². The Bertz CT molecular complexity index is 119. The van der Waals surface area contributed by atoms with E-state index in [1.807, 2.05) is 6.08 Å². The van der Waals surface area contributed by atoms with Gasteiger partial charge in [-0.15, -0.1) is 6.58 Å². The van der Waals surface area contributed by atoms with E-state index >= 15 is 0 Å². The lowest BCUT2D eigenvalue weighted by atomic mass is 10.0. The van der Waals surface area contributed by atoms with E-state index in [1.165, 1.54) is 6.42 Å². The van der Waals surface area contributed by atoms with Crippen molar-refractivity contribution in [3.05, 3.63) is 12.7 Å². The van der Waals surface area contributed by atoms with Gasteiger partial charge in [0.05, 0.1) is 6.10 Å². The molecule has 1 heterocycles. The molecule has 0 spiro atoms. The summed E-state index contributed by atoms with van der Waals surface area (Å²) in [5.74, 6) is 0. The van der Waals surface area contributed by atoms with Gasteiger partial charge in [0.2, 0.25) is 0 Å². The number of hydrogen-bond donors (Lipinski definition) is 1. The molecule has 2 nitrogen and oxygen atoms in total. The minimum atomic E-state index is 0.218. The Labute approximate surface area is 68.4 Å². The second kappa shape index (κ2) is 4.52. The van der Waals surface area contributed by atoms with Crippen LogP contribution in [0.1, 0.15) is 25.7 Å². The first-order chi connectivity index (χ1) is 5.34. The fourth-order valence-electron chi connectivity index (χ4n) is 1.44. The number of allylic oxidation sites excluding steroid dienone is 1. The summed E-state index contributed by atoms with van der Waals surface area (Å²) < 4.78 is 5.45. The zero-order chi connectivity index (χ0) is 8.10. The topological polar surface area (TPSA) is 35.2 Å². The highest BCUT2D eigenvalue weighted by Crippen LogP contribution is 2.16. The molecule has 1 saturated heterocycles. The van der Waals surface area contributed by atoms with E-state index in [4.69, 9.17) is 10.5 Å². The Hall–Kier alpha value is -0.340. The highest BCUT2D eigenvalue weighted by molar-refractivity contribution is 4.80. The van der Waals surface area contributed by atoms with Crippen LogP contribution in [0.25, 0.3) is 0 Å². The Morgan fingerprint density at radius 2 is 2.55 bits per heavy atom. The normalized spacial score (nSPS) is 26.8. The highest BCUT2D eigenvalue weighted by atomic mass is 16.5. The van der Waals surface area contributed by atoms with Gasteiger partial charge in [0, 0.05) is 12.6 Å². The van der Waals surface area contributed by atoms with Crippen molar-refractivity contribution in [2.45, 2.75) is 37.8 Å². The third-order valence-electron chi connectivity index (χ3n) is 2.15. The average Bonchev–Trinajstić information content (AvgIpc) is 2.52. The lowest BCUT2D eigenvalue weighted by Gasteiger charge is -2.17. The van der Waals surface area contributed by atoms with Gasteiger partial charge in [0.1, 0.15) is 0 Å². The van der Waals surface area contributed by atoms with Gasteiger partial charge in [0.25, 0.3) is 0 Å².